The number of β-amino-alcohol motifs (C(OH)–C–C–N with tert-alkyl or cyclic N) is 1. The molecule has 1 aliphatic rings. The van der Waals surface area contributed by atoms with Crippen LogP contribution < -0.4 is 5.73 Å². The maximum atomic E-state index is 10.6. The molecule has 1 saturated heterocycles. The Labute approximate surface area is 72.9 Å². The van der Waals surface area contributed by atoms with Crippen LogP contribution in [0.4, 0.5) is 0 Å². The molecular formula is C5H9IN2O2. The molecule has 10 heavy (non-hydrogen) atoms. The van der Waals surface area contributed by atoms with Crippen molar-refractivity contribution < 1.29 is 9.90 Å². The largest absolute Gasteiger partial charge is 0.392 e. The van der Waals surface area contributed by atoms with Crippen molar-refractivity contribution in [2.45, 2.75) is 18.6 Å². The molecule has 2 atom stereocenters. The van der Waals surface area contributed by atoms with Gasteiger partial charge in [0.2, 0.25) is 5.91 Å². The third-order valence-electron chi connectivity index (χ3n) is 1.55. The Hall–Kier alpha value is 0.120. The average molecular weight is 256 g/mol. The first kappa shape index (κ1) is 8.22. The van der Waals surface area contributed by atoms with E-state index in [0.29, 0.717) is 13.0 Å². The van der Waals surface area contributed by atoms with Crippen molar-refractivity contribution >= 4 is 28.8 Å². The van der Waals surface area contributed by atoms with Gasteiger partial charge in [0.1, 0.15) is 6.04 Å². The lowest BCUT2D eigenvalue weighted by atomic mass is 10.2. The number of nitrogens with zero attached hydrogens (tertiary/aromatic N) is 1. The van der Waals surface area contributed by atoms with Gasteiger partial charge in [0.25, 0.3) is 0 Å². The van der Waals surface area contributed by atoms with Gasteiger partial charge >= 0.3 is 0 Å². The van der Waals surface area contributed by atoms with Gasteiger partial charge in [-0.15, -0.1) is 0 Å². The number of primary amides is 1. The van der Waals surface area contributed by atoms with E-state index in [-0.39, 0.29) is 11.9 Å². The molecule has 58 valence electrons. The number of hydrogen-bond donors (Lipinski definition) is 2. The molecule has 0 bridgehead atoms. The highest BCUT2D eigenvalue weighted by molar-refractivity contribution is 14.1. The van der Waals surface area contributed by atoms with Crippen molar-refractivity contribution in [2.24, 2.45) is 5.73 Å². The van der Waals surface area contributed by atoms with E-state index in [4.69, 9.17) is 10.8 Å². The van der Waals surface area contributed by atoms with Gasteiger partial charge in [-0.05, 0) is 6.42 Å². The van der Waals surface area contributed by atoms with E-state index in [1.54, 1.807) is 3.11 Å². The summed E-state index contributed by atoms with van der Waals surface area (Å²) in [6, 6.07) is -0.282. The maximum Gasteiger partial charge on any atom is 0.235 e. The van der Waals surface area contributed by atoms with Crippen LogP contribution in [0, 0.1) is 0 Å². The molecule has 0 aromatic carbocycles. The predicted octanol–water partition coefficient (Wildman–Crippen LogP) is -0.743. The number of aliphatic hydroxyl groups excluding tert-OH is 1. The number of amides is 1. The second-order valence-electron chi connectivity index (χ2n) is 2.39. The molecule has 1 aliphatic heterocycles. The first-order valence-corrected chi connectivity index (χ1v) is 3.97. The molecule has 0 aromatic heterocycles. The summed E-state index contributed by atoms with van der Waals surface area (Å²) >= 11 is 2.00. The van der Waals surface area contributed by atoms with Gasteiger partial charge in [0.15, 0.2) is 0 Å². The third kappa shape index (κ3) is 1.58. The van der Waals surface area contributed by atoms with E-state index in [1.165, 1.54) is 0 Å². The summed E-state index contributed by atoms with van der Waals surface area (Å²) in [6.45, 7) is 0.536. The Morgan fingerprint density at radius 1 is 1.80 bits per heavy atom. The Morgan fingerprint density at radius 3 is 2.60 bits per heavy atom. The smallest absolute Gasteiger partial charge is 0.235 e. The molecule has 1 heterocycles. The van der Waals surface area contributed by atoms with Crippen molar-refractivity contribution in [3.63, 3.8) is 0 Å². The minimum Gasteiger partial charge on any atom is -0.392 e. The van der Waals surface area contributed by atoms with E-state index in [1.807, 2.05) is 22.9 Å². The van der Waals surface area contributed by atoms with Gasteiger partial charge in [-0.3, -0.25) is 4.79 Å². The van der Waals surface area contributed by atoms with E-state index < -0.39 is 6.10 Å². The first-order valence-electron chi connectivity index (χ1n) is 3.01. The Kier molecular flexibility index (Phi) is 2.48. The number of carbonyl (C=O) groups excluding carboxylic acids is 1. The van der Waals surface area contributed by atoms with Crippen LogP contribution in [-0.4, -0.2) is 32.8 Å². The van der Waals surface area contributed by atoms with Crippen LogP contribution in [0.25, 0.3) is 0 Å². The lowest BCUT2D eigenvalue weighted by molar-refractivity contribution is -0.120. The number of hydrogen-bond acceptors (Lipinski definition) is 3. The first-order chi connectivity index (χ1) is 4.61. The standard InChI is InChI=1S/C5H9IN2O2/c6-8-2-3(9)1-4(8)5(7)10/h3-4,9H,1-2H2,(H2,7,10)/t3-,4+/m1/s1. The Balaban J connectivity index is 2.54. The summed E-state index contributed by atoms with van der Waals surface area (Å²) in [6.07, 6.45) is 0.0764. The predicted molar refractivity (Wildman–Crippen MR) is 44.3 cm³/mol. The van der Waals surface area contributed by atoms with Crippen LogP contribution in [0.2, 0.25) is 0 Å². The molecule has 1 rings (SSSR count). The minimum atomic E-state index is -0.394. The molecule has 1 amide bonds. The Bertz CT molecular complexity index is 153. The normalized spacial score (nSPS) is 34.6. The van der Waals surface area contributed by atoms with Gasteiger partial charge < -0.3 is 10.8 Å². The zero-order chi connectivity index (χ0) is 7.72. The second-order valence-corrected chi connectivity index (χ2v) is 3.63. The summed E-state index contributed by atoms with van der Waals surface area (Å²) in [5.74, 6) is -0.356. The average Bonchev–Trinajstić information content (AvgIpc) is 2.10. The van der Waals surface area contributed by atoms with Gasteiger partial charge in [-0.1, -0.05) is 0 Å². The maximum absolute atomic E-state index is 10.6. The molecule has 0 spiro atoms. The quantitative estimate of drug-likeness (QED) is 0.479. The van der Waals surface area contributed by atoms with Gasteiger partial charge in [-0.2, -0.15) is 0 Å². The van der Waals surface area contributed by atoms with Crippen LogP contribution in [0.5, 0.6) is 0 Å². The van der Waals surface area contributed by atoms with Crippen molar-refractivity contribution in [3.8, 4) is 0 Å². The summed E-state index contributed by atoms with van der Waals surface area (Å²) in [5.41, 5.74) is 5.05. The lowest BCUT2D eigenvalue weighted by Gasteiger charge is -2.11. The highest BCUT2D eigenvalue weighted by Gasteiger charge is 2.32. The van der Waals surface area contributed by atoms with Crippen LogP contribution >= 0.6 is 22.9 Å². The van der Waals surface area contributed by atoms with Gasteiger partial charge in [0.05, 0.1) is 6.10 Å². The summed E-state index contributed by atoms with van der Waals surface area (Å²) in [7, 11) is 0. The third-order valence-corrected chi connectivity index (χ3v) is 2.61. The molecule has 5 heteroatoms. The fraction of sp³-hybridized carbons (Fsp3) is 0.800. The number of aliphatic hydroxyl groups is 1. The number of rotatable bonds is 1. The second kappa shape index (κ2) is 3.02. The van der Waals surface area contributed by atoms with Gasteiger partial charge in [0, 0.05) is 29.4 Å². The van der Waals surface area contributed by atoms with Crippen LogP contribution in [-0.2, 0) is 4.79 Å². The fourth-order valence-electron chi connectivity index (χ4n) is 1.03. The molecule has 1 fully saturated rings. The Morgan fingerprint density at radius 2 is 2.40 bits per heavy atom. The zero-order valence-corrected chi connectivity index (χ0v) is 7.48. The molecule has 0 unspecified atom stereocenters. The zero-order valence-electron chi connectivity index (χ0n) is 5.33. The van der Waals surface area contributed by atoms with Crippen molar-refractivity contribution in [3.05, 3.63) is 0 Å². The summed E-state index contributed by atoms with van der Waals surface area (Å²) < 4.78 is 1.74. The molecular weight excluding hydrogens is 247 g/mol. The van der Waals surface area contributed by atoms with Crippen molar-refractivity contribution in [2.75, 3.05) is 6.54 Å². The molecule has 3 N–H and O–H groups in total. The fourth-order valence-corrected chi connectivity index (χ4v) is 1.99. The number of nitrogens with two attached hydrogens (primary N) is 1. The van der Waals surface area contributed by atoms with Crippen LogP contribution in [0.3, 0.4) is 0 Å². The summed E-state index contributed by atoms with van der Waals surface area (Å²) in [4.78, 5) is 10.6. The van der Waals surface area contributed by atoms with E-state index in [0.717, 1.165) is 0 Å². The van der Waals surface area contributed by atoms with E-state index in [9.17, 15) is 4.79 Å². The number of carbonyl (C=O) groups is 1. The molecule has 0 saturated carbocycles. The van der Waals surface area contributed by atoms with Crippen molar-refractivity contribution in [1.29, 1.82) is 0 Å². The van der Waals surface area contributed by atoms with E-state index in [2.05, 4.69) is 0 Å². The molecule has 0 aliphatic carbocycles. The van der Waals surface area contributed by atoms with Crippen LogP contribution in [0.1, 0.15) is 6.42 Å². The van der Waals surface area contributed by atoms with E-state index >= 15 is 0 Å². The van der Waals surface area contributed by atoms with Crippen molar-refractivity contribution in [1.82, 2.24) is 3.11 Å². The topological polar surface area (TPSA) is 66.6 Å². The highest BCUT2D eigenvalue weighted by atomic mass is 127. The van der Waals surface area contributed by atoms with Crippen LogP contribution in [0.15, 0.2) is 0 Å². The SMILES string of the molecule is NC(=O)[C@@H]1C[C@@H](O)CN1I. The monoisotopic (exact) mass is 256 g/mol. The summed E-state index contributed by atoms with van der Waals surface area (Å²) in [5, 5.41) is 9.06. The molecule has 0 radical (unpaired) electrons. The molecule has 0 aromatic rings. The molecule has 4 nitrogen and oxygen atoms in total. The number of halogens is 1. The van der Waals surface area contributed by atoms with Gasteiger partial charge in [-0.25, -0.2) is 3.11 Å². The minimum absolute atomic E-state index is 0.282. The lowest BCUT2D eigenvalue weighted by Crippen LogP contribution is -2.34. The highest BCUT2D eigenvalue weighted by Crippen LogP contribution is 2.20.